The molecule has 0 saturated carbocycles. The van der Waals surface area contributed by atoms with Crippen LogP contribution in [0.3, 0.4) is 0 Å². The minimum atomic E-state index is -0.135. The number of hydrogen-bond acceptors (Lipinski definition) is 9. The Labute approximate surface area is 190 Å². The number of carbonyl (C=O) groups excluding carboxylic acids is 1. The molecule has 1 aromatic carbocycles. The highest BCUT2D eigenvalue weighted by Gasteiger charge is 2.19. The van der Waals surface area contributed by atoms with E-state index in [2.05, 4.69) is 20.2 Å². The smallest absolute Gasteiger partial charge is 0.276 e. The standard InChI is InChI=1S/C19H16ClN5O2S3/c1-11-21-14(8-28-11)7-17-23-24-19(27-17)30-10-15-9-29-18(22-15)25(12(2)26)16-5-3-4-13(20)6-16/h3-6,8-9H,7,10H2,1-2H3. The largest absolute Gasteiger partial charge is 0.416 e. The number of halogens is 1. The number of benzene rings is 1. The average Bonchev–Trinajstić information content (AvgIpc) is 3.43. The summed E-state index contributed by atoms with van der Waals surface area (Å²) in [5, 5.41) is 14.7. The van der Waals surface area contributed by atoms with Crippen molar-refractivity contribution in [1.29, 1.82) is 0 Å². The Morgan fingerprint density at radius 3 is 2.77 bits per heavy atom. The van der Waals surface area contributed by atoms with Crippen LogP contribution in [0.5, 0.6) is 0 Å². The lowest BCUT2D eigenvalue weighted by Crippen LogP contribution is -2.22. The molecule has 1 amide bonds. The van der Waals surface area contributed by atoms with E-state index >= 15 is 0 Å². The van der Waals surface area contributed by atoms with E-state index in [4.69, 9.17) is 16.0 Å². The lowest BCUT2D eigenvalue weighted by atomic mass is 10.3. The average molecular weight is 478 g/mol. The van der Waals surface area contributed by atoms with Crippen LogP contribution < -0.4 is 4.90 Å². The van der Waals surface area contributed by atoms with Gasteiger partial charge in [0.05, 0.1) is 28.5 Å². The molecule has 3 heterocycles. The number of aryl methyl sites for hydroxylation is 1. The Hall–Kier alpha value is -2.27. The summed E-state index contributed by atoms with van der Waals surface area (Å²) in [4.78, 5) is 22.8. The van der Waals surface area contributed by atoms with Crippen LogP contribution >= 0.6 is 46.0 Å². The van der Waals surface area contributed by atoms with E-state index in [0.29, 0.717) is 39.1 Å². The molecule has 0 aliphatic rings. The van der Waals surface area contributed by atoms with Crippen LogP contribution in [-0.4, -0.2) is 26.1 Å². The quantitative estimate of drug-likeness (QED) is 0.324. The number of amides is 1. The van der Waals surface area contributed by atoms with E-state index in [1.165, 1.54) is 30.0 Å². The van der Waals surface area contributed by atoms with Gasteiger partial charge in [-0.1, -0.05) is 29.4 Å². The lowest BCUT2D eigenvalue weighted by Gasteiger charge is -2.18. The van der Waals surface area contributed by atoms with Crippen LogP contribution in [0.1, 0.15) is 29.2 Å². The highest BCUT2D eigenvalue weighted by Crippen LogP contribution is 2.32. The molecule has 0 bridgehead atoms. The molecule has 7 nitrogen and oxygen atoms in total. The maximum absolute atomic E-state index is 12.2. The van der Waals surface area contributed by atoms with Gasteiger partial charge in [0.25, 0.3) is 5.22 Å². The van der Waals surface area contributed by atoms with E-state index in [-0.39, 0.29) is 5.91 Å². The van der Waals surface area contributed by atoms with Crippen molar-refractivity contribution in [2.24, 2.45) is 0 Å². The maximum Gasteiger partial charge on any atom is 0.276 e. The predicted molar refractivity (Wildman–Crippen MR) is 120 cm³/mol. The molecule has 3 aromatic heterocycles. The van der Waals surface area contributed by atoms with Gasteiger partial charge in [-0.3, -0.25) is 9.69 Å². The Bertz CT molecular complexity index is 1170. The molecule has 154 valence electrons. The molecule has 0 radical (unpaired) electrons. The summed E-state index contributed by atoms with van der Waals surface area (Å²) in [5.41, 5.74) is 2.43. The highest BCUT2D eigenvalue weighted by atomic mass is 35.5. The molecule has 11 heteroatoms. The molecular weight excluding hydrogens is 462 g/mol. The molecule has 4 aromatic rings. The van der Waals surface area contributed by atoms with E-state index < -0.39 is 0 Å². The van der Waals surface area contributed by atoms with Gasteiger partial charge in [-0.05, 0) is 25.1 Å². The maximum atomic E-state index is 12.2. The zero-order valence-corrected chi connectivity index (χ0v) is 19.2. The van der Waals surface area contributed by atoms with Gasteiger partial charge in [0, 0.05) is 28.5 Å². The van der Waals surface area contributed by atoms with E-state index in [1.807, 2.05) is 23.8 Å². The topological polar surface area (TPSA) is 85.0 Å². The number of aromatic nitrogens is 4. The monoisotopic (exact) mass is 477 g/mol. The molecule has 0 aliphatic heterocycles. The summed E-state index contributed by atoms with van der Waals surface area (Å²) in [7, 11) is 0. The first-order valence-corrected chi connectivity index (χ1v) is 12.0. The first-order valence-electron chi connectivity index (χ1n) is 8.85. The number of hydrogen-bond donors (Lipinski definition) is 0. The van der Waals surface area contributed by atoms with Crippen molar-refractivity contribution in [2.75, 3.05) is 4.90 Å². The molecule has 30 heavy (non-hydrogen) atoms. The fraction of sp³-hybridized carbons (Fsp3) is 0.211. The Morgan fingerprint density at radius 2 is 2.03 bits per heavy atom. The van der Waals surface area contributed by atoms with Crippen molar-refractivity contribution in [2.45, 2.75) is 31.2 Å². The van der Waals surface area contributed by atoms with Crippen LogP contribution in [0.2, 0.25) is 5.02 Å². The molecule has 0 fully saturated rings. The fourth-order valence-corrected chi connectivity index (χ4v) is 5.12. The number of rotatable bonds is 7. The summed E-state index contributed by atoms with van der Waals surface area (Å²) in [6, 6.07) is 7.13. The van der Waals surface area contributed by atoms with Crippen LogP contribution in [-0.2, 0) is 17.0 Å². The van der Waals surface area contributed by atoms with Crippen LogP contribution in [0.15, 0.2) is 44.7 Å². The van der Waals surface area contributed by atoms with Crippen molar-refractivity contribution >= 4 is 62.8 Å². The number of carbonyl (C=O) groups is 1. The summed E-state index contributed by atoms with van der Waals surface area (Å²) in [5.74, 6) is 0.949. The Balaban J connectivity index is 1.41. The normalized spacial score (nSPS) is 11.0. The second-order valence-electron chi connectivity index (χ2n) is 6.24. The zero-order valence-electron chi connectivity index (χ0n) is 16.0. The minimum absolute atomic E-state index is 0.135. The van der Waals surface area contributed by atoms with Gasteiger partial charge in [0.1, 0.15) is 0 Å². The van der Waals surface area contributed by atoms with Crippen molar-refractivity contribution < 1.29 is 9.21 Å². The fourth-order valence-electron chi connectivity index (χ4n) is 2.66. The zero-order chi connectivity index (χ0) is 21.1. The summed E-state index contributed by atoms with van der Waals surface area (Å²) in [6.07, 6.45) is 0.520. The number of anilines is 2. The molecule has 0 N–H and O–H groups in total. The molecule has 0 aliphatic carbocycles. The third-order valence-corrected chi connectivity index (χ3v) is 6.69. The van der Waals surface area contributed by atoms with Gasteiger partial charge in [0.15, 0.2) is 5.13 Å². The van der Waals surface area contributed by atoms with Crippen molar-refractivity contribution in [3.8, 4) is 0 Å². The molecule has 0 saturated heterocycles. The van der Waals surface area contributed by atoms with Crippen LogP contribution in [0, 0.1) is 6.92 Å². The van der Waals surface area contributed by atoms with Crippen molar-refractivity contribution in [3.05, 3.63) is 62.3 Å². The van der Waals surface area contributed by atoms with E-state index in [1.54, 1.807) is 34.4 Å². The third kappa shape index (κ3) is 5.07. The second kappa shape index (κ2) is 9.25. The Morgan fingerprint density at radius 1 is 1.20 bits per heavy atom. The number of thioether (sulfide) groups is 1. The van der Waals surface area contributed by atoms with Crippen molar-refractivity contribution in [1.82, 2.24) is 20.2 Å². The first-order chi connectivity index (χ1) is 14.5. The summed E-state index contributed by atoms with van der Waals surface area (Å²) < 4.78 is 5.70. The highest BCUT2D eigenvalue weighted by molar-refractivity contribution is 7.98. The predicted octanol–water partition coefficient (Wildman–Crippen LogP) is 5.51. The Kier molecular flexibility index (Phi) is 6.47. The molecule has 0 atom stereocenters. The van der Waals surface area contributed by atoms with Gasteiger partial charge in [-0.15, -0.1) is 32.9 Å². The third-order valence-electron chi connectivity index (χ3n) is 3.90. The van der Waals surface area contributed by atoms with Gasteiger partial charge >= 0.3 is 0 Å². The lowest BCUT2D eigenvalue weighted by molar-refractivity contribution is -0.115. The molecule has 4 rings (SSSR count). The summed E-state index contributed by atoms with van der Waals surface area (Å²) >= 11 is 10.5. The van der Waals surface area contributed by atoms with Gasteiger partial charge in [-0.2, -0.15) is 0 Å². The first kappa shape index (κ1) is 21.0. The SMILES string of the molecule is CC(=O)N(c1cccc(Cl)c1)c1nc(CSc2nnc(Cc3csc(C)n3)o2)cs1. The van der Waals surface area contributed by atoms with Gasteiger partial charge < -0.3 is 4.42 Å². The number of thiazole rings is 2. The summed E-state index contributed by atoms with van der Waals surface area (Å²) in [6.45, 7) is 3.46. The second-order valence-corrected chi connectivity index (χ2v) is 9.50. The van der Waals surface area contributed by atoms with Crippen molar-refractivity contribution in [3.63, 3.8) is 0 Å². The van der Waals surface area contributed by atoms with E-state index in [9.17, 15) is 4.79 Å². The van der Waals surface area contributed by atoms with Crippen LogP contribution in [0.4, 0.5) is 10.8 Å². The van der Waals surface area contributed by atoms with E-state index in [0.717, 1.165) is 16.4 Å². The van der Waals surface area contributed by atoms with Crippen LogP contribution in [0.25, 0.3) is 0 Å². The van der Waals surface area contributed by atoms with Gasteiger partial charge in [-0.25, -0.2) is 9.97 Å². The molecule has 0 unspecified atom stereocenters. The minimum Gasteiger partial charge on any atom is -0.416 e. The molecule has 0 spiro atoms. The molecular formula is C19H16ClN5O2S3. The number of nitrogens with zero attached hydrogens (tertiary/aromatic N) is 5. The van der Waals surface area contributed by atoms with Gasteiger partial charge in [0.2, 0.25) is 11.8 Å².